The Bertz CT molecular complexity index is 733. The van der Waals surface area contributed by atoms with E-state index in [0.29, 0.717) is 18.4 Å². The van der Waals surface area contributed by atoms with Crippen LogP contribution in [0.4, 0.5) is 5.95 Å². The van der Waals surface area contributed by atoms with E-state index in [1.165, 1.54) is 6.20 Å². The highest BCUT2D eigenvalue weighted by Crippen LogP contribution is 2.17. The maximum absolute atomic E-state index is 12.5. The first-order valence-electron chi connectivity index (χ1n) is 8.61. The monoisotopic (exact) mass is 377 g/mol. The number of amides is 1. The third-order valence-electron chi connectivity index (χ3n) is 3.60. The van der Waals surface area contributed by atoms with E-state index in [1.54, 1.807) is 12.3 Å². The lowest BCUT2D eigenvalue weighted by molar-refractivity contribution is 0.0946. The number of nitrogens with zero attached hydrogens (tertiary/aromatic N) is 4. The Balaban J connectivity index is 2.04. The fourth-order valence-corrected chi connectivity index (χ4v) is 2.45. The van der Waals surface area contributed by atoms with E-state index < -0.39 is 0 Å². The minimum atomic E-state index is -0.353. The second-order valence-electron chi connectivity index (χ2n) is 5.89. The van der Waals surface area contributed by atoms with Gasteiger partial charge in [-0.15, -0.1) is 0 Å². The number of hydrogen-bond acceptors (Lipinski definition) is 6. The van der Waals surface area contributed by atoms with Gasteiger partial charge in [-0.25, -0.2) is 15.0 Å². The SMILES string of the molecule is CCN(CC)c1ncc(Cl)c(C(=O)NCc2ccc(OC(C)C)nc2)n1. The van der Waals surface area contributed by atoms with Crippen molar-refractivity contribution < 1.29 is 9.53 Å². The van der Waals surface area contributed by atoms with Gasteiger partial charge in [0, 0.05) is 31.9 Å². The predicted octanol–water partition coefficient (Wildman–Crippen LogP) is 3.09. The van der Waals surface area contributed by atoms with Crippen molar-refractivity contribution in [1.29, 1.82) is 0 Å². The Morgan fingerprint density at radius 2 is 1.96 bits per heavy atom. The highest BCUT2D eigenvalue weighted by atomic mass is 35.5. The molecule has 0 radical (unpaired) electrons. The second kappa shape index (κ2) is 9.33. The number of rotatable bonds is 8. The Morgan fingerprint density at radius 1 is 1.23 bits per heavy atom. The topological polar surface area (TPSA) is 80.2 Å². The van der Waals surface area contributed by atoms with Crippen molar-refractivity contribution in [3.63, 3.8) is 0 Å². The van der Waals surface area contributed by atoms with Gasteiger partial charge in [-0.05, 0) is 33.3 Å². The molecule has 0 fully saturated rings. The molecule has 0 bridgehead atoms. The van der Waals surface area contributed by atoms with Gasteiger partial charge in [0.2, 0.25) is 11.8 Å². The molecule has 0 atom stereocenters. The van der Waals surface area contributed by atoms with Crippen LogP contribution in [0, 0.1) is 0 Å². The van der Waals surface area contributed by atoms with Gasteiger partial charge in [-0.2, -0.15) is 0 Å². The Hall–Kier alpha value is -2.41. The summed E-state index contributed by atoms with van der Waals surface area (Å²) in [6.07, 6.45) is 3.19. The normalized spacial score (nSPS) is 10.7. The molecule has 1 amide bonds. The summed E-state index contributed by atoms with van der Waals surface area (Å²) in [4.78, 5) is 27.1. The smallest absolute Gasteiger partial charge is 0.271 e. The van der Waals surface area contributed by atoms with E-state index in [0.717, 1.165) is 18.7 Å². The molecule has 1 N–H and O–H groups in total. The largest absolute Gasteiger partial charge is 0.475 e. The molecule has 0 saturated carbocycles. The van der Waals surface area contributed by atoms with Gasteiger partial charge in [0.05, 0.1) is 17.3 Å². The molecule has 2 rings (SSSR count). The summed E-state index contributed by atoms with van der Waals surface area (Å²) in [5.74, 6) is 0.688. The molecule has 0 spiro atoms. The zero-order valence-electron chi connectivity index (χ0n) is 15.5. The van der Waals surface area contributed by atoms with Crippen molar-refractivity contribution in [3.8, 4) is 5.88 Å². The maximum atomic E-state index is 12.5. The van der Waals surface area contributed by atoms with Crippen molar-refractivity contribution in [2.24, 2.45) is 0 Å². The molecule has 2 aromatic heterocycles. The highest BCUT2D eigenvalue weighted by Gasteiger charge is 2.16. The van der Waals surface area contributed by atoms with E-state index in [9.17, 15) is 4.79 Å². The molecule has 0 aromatic carbocycles. The Kier molecular flexibility index (Phi) is 7.15. The zero-order chi connectivity index (χ0) is 19.1. The third-order valence-corrected chi connectivity index (χ3v) is 3.88. The molecule has 0 unspecified atom stereocenters. The number of nitrogens with one attached hydrogen (secondary N) is 1. The summed E-state index contributed by atoms with van der Waals surface area (Å²) in [7, 11) is 0. The number of halogens is 1. The van der Waals surface area contributed by atoms with E-state index in [1.807, 2.05) is 38.7 Å². The van der Waals surface area contributed by atoms with Crippen LogP contribution in [-0.2, 0) is 6.54 Å². The molecular formula is C18H24ClN5O2. The first-order valence-corrected chi connectivity index (χ1v) is 8.99. The first kappa shape index (κ1) is 19.9. The Labute approximate surface area is 158 Å². The average molecular weight is 378 g/mol. The molecule has 2 aromatic rings. The van der Waals surface area contributed by atoms with Gasteiger partial charge in [-0.3, -0.25) is 4.79 Å². The maximum Gasteiger partial charge on any atom is 0.271 e. The zero-order valence-corrected chi connectivity index (χ0v) is 16.2. The lowest BCUT2D eigenvalue weighted by Crippen LogP contribution is -2.28. The fourth-order valence-electron chi connectivity index (χ4n) is 2.27. The molecule has 140 valence electrons. The van der Waals surface area contributed by atoms with Gasteiger partial charge in [0.15, 0.2) is 5.69 Å². The molecule has 0 saturated heterocycles. The lowest BCUT2D eigenvalue weighted by Gasteiger charge is -2.19. The van der Waals surface area contributed by atoms with Crippen LogP contribution in [0.1, 0.15) is 43.7 Å². The summed E-state index contributed by atoms with van der Waals surface area (Å²) < 4.78 is 5.50. The van der Waals surface area contributed by atoms with Gasteiger partial charge >= 0.3 is 0 Å². The van der Waals surface area contributed by atoms with Gasteiger partial charge < -0.3 is 15.0 Å². The van der Waals surface area contributed by atoms with Crippen LogP contribution in [0.3, 0.4) is 0 Å². The number of carbonyl (C=O) groups excluding carboxylic acids is 1. The van der Waals surface area contributed by atoms with Crippen molar-refractivity contribution in [3.05, 3.63) is 40.8 Å². The van der Waals surface area contributed by atoms with Crippen LogP contribution in [0.25, 0.3) is 0 Å². The number of carbonyl (C=O) groups is 1. The van der Waals surface area contributed by atoms with Gasteiger partial charge in [0.1, 0.15) is 0 Å². The molecule has 26 heavy (non-hydrogen) atoms. The molecule has 0 aliphatic carbocycles. The number of aromatic nitrogens is 3. The quantitative estimate of drug-likeness (QED) is 0.761. The van der Waals surface area contributed by atoms with Crippen LogP contribution >= 0.6 is 11.6 Å². The summed E-state index contributed by atoms with van der Waals surface area (Å²) in [5.41, 5.74) is 1.01. The van der Waals surface area contributed by atoms with Crippen molar-refractivity contribution in [1.82, 2.24) is 20.3 Å². The standard InChI is InChI=1S/C18H24ClN5O2/c1-5-24(6-2)18-22-11-14(19)16(23-18)17(25)21-10-13-7-8-15(20-9-13)26-12(3)4/h7-9,11-12H,5-6,10H2,1-4H3,(H,21,25). The summed E-state index contributed by atoms with van der Waals surface area (Å²) in [6.45, 7) is 9.68. The molecule has 0 aliphatic heterocycles. The van der Waals surface area contributed by atoms with Crippen LogP contribution in [0.2, 0.25) is 5.02 Å². The van der Waals surface area contributed by atoms with E-state index >= 15 is 0 Å². The van der Waals surface area contributed by atoms with Crippen LogP contribution < -0.4 is 15.0 Å². The Morgan fingerprint density at radius 3 is 2.54 bits per heavy atom. The summed E-state index contributed by atoms with van der Waals surface area (Å²) in [6, 6.07) is 3.63. The van der Waals surface area contributed by atoms with E-state index in [2.05, 4.69) is 20.3 Å². The van der Waals surface area contributed by atoms with Crippen molar-refractivity contribution >= 4 is 23.5 Å². The molecule has 0 aliphatic rings. The second-order valence-corrected chi connectivity index (χ2v) is 6.30. The van der Waals surface area contributed by atoms with Gasteiger partial charge in [0.25, 0.3) is 5.91 Å². The van der Waals surface area contributed by atoms with E-state index in [4.69, 9.17) is 16.3 Å². The van der Waals surface area contributed by atoms with E-state index in [-0.39, 0.29) is 22.7 Å². The third kappa shape index (κ3) is 5.29. The molecule has 2 heterocycles. The van der Waals surface area contributed by atoms with Crippen LogP contribution in [0.5, 0.6) is 5.88 Å². The molecule has 7 nitrogen and oxygen atoms in total. The minimum Gasteiger partial charge on any atom is -0.475 e. The predicted molar refractivity (Wildman–Crippen MR) is 102 cm³/mol. The molecular weight excluding hydrogens is 354 g/mol. The average Bonchev–Trinajstić information content (AvgIpc) is 2.62. The number of pyridine rings is 1. The van der Waals surface area contributed by atoms with Crippen molar-refractivity contribution in [2.45, 2.75) is 40.3 Å². The van der Waals surface area contributed by atoms with Gasteiger partial charge in [-0.1, -0.05) is 17.7 Å². The number of hydrogen-bond donors (Lipinski definition) is 1. The minimum absolute atomic E-state index is 0.0629. The molecule has 8 heteroatoms. The highest BCUT2D eigenvalue weighted by molar-refractivity contribution is 6.33. The summed E-state index contributed by atoms with van der Waals surface area (Å²) in [5, 5.41) is 3.03. The number of anilines is 1. The fraction of sp³-hybridized carbons (Fsp3) is 0.444. The first-order chi connectivity index (χ1) is 12.4. The number of ether oxygens (including phenoxy) is 1. The summed E-state index contributed by atoms with van der Waals surface area (Å²) >= 11 is 6.10. The lowest BCUT2D eigenvalue weighted by atomic mass is 10.2. The van der Waals surface area contributed by atoms with Crippen LogP contribution in [-0.4, -0.2) is 40.1 Å². The van der Waals surface area contributed by atoms with Crippen LogP contribution in [0.15, 0.2) is 24.5 Å². The van der Waals surface area contributed by atoms with Crippen molar-refractivity contribution in [2.75, 3.05) is 18.0 Å².